The van der Waals surface area contributed by atoms with Crippen molar-refractivity contribution >= 4 is 22.9 Å². The number of benzene rings is 1. The Hall–Kier alpha value is -2.23. The van der Waals surface area contributed by atoms with Gasteiger partial charge in [0.2, 0.25) is 0 Å². The summed E-state index contributed by atoms with van der Waals surface area (Å²) in [7, 11) is 0. The maximum atomic E-state index is 5.64. The molecule has 3 N–H and O–H groups in total. The molecule has 110 valence electrons. The van der Waals surface area contributed by atoms with Crippen molar-refractivity contribution in [3.63, 3.8) is 0 Å². The maximum absolute atomic E-state index is 5.64. The molecule has 0 atom stereocenters. The van der Waals surface area contributed by atoms with Gasteiger partial charge in [0, 0.05) is 24.5 Å². The Kier molecular flexibility index (Phi) is 3.95. The predicted molar refractivity (Wildman–Crippen MR) is 89.0 cm³/mol. The van der Waals surface area contributed by atoms with Crippen LogP contribution >= 0.6 is 0 Å². The molecule has 1 aromatic carbocycles. The molecule has 0 radical (unpaired) electrons. The summed E-state index contributed by atoms with van der Waals surface area (Å²) in [6.07, 6.45) is 4.23. The number of hydrogen-bond donors (Lipinski definition) is 2. The molecule has 0 aliphatic carbocycles. The van der Waals surface area contributed by atoms with Gasteiger partial charge in [0.15, 0.2) is 0 Å². The predicted octanol–water partition coefficient (Wildman–Crippen LogP) is 3.64. The zero-order valence-corrected chi connectivity index (χ0v) is 12.4. The number of piperidine rings is 1. The van der Waals surface area contributed by atoms with Crippen molar-refractivity contribution in [2.75, 3.05) is 29.0 Å². The number of rotatable bonds is 3. The Balaban J connectivity index is 1.65. The van der Waals surface area contributed by atoms with Crippen LogP contribution in [0.2, 0.25) is 0 Å². The van der Waals surface area contributed by atoms with E-state index in [4.69, 9.17) is 5.73 Å². The highest BCUT2D eigenvalue weighted by Crippen LogP contribution is 2.25. The molecular formula is C17H22N4. The minimum atomic E-state index is 0.676. The lowest BCUT2D eigenvalue weighted by atomic mass is 9.99. The standard InChI is InChI=1S/C17H22N4/c1-13-8-10-21(11-9-13)16-5-3-15(4-6-16)20-17-7-2-14(18)12-19-17/h2-7,12-13H,8-11,18H2,1H3,(H,19,20). The van der Waals surface area contributed by atoms with E-state index >= 15 is 0 Å². The molecule has 4 heteroatoms. The van der Waals surface area contributed by atoms with Crippen molar-refractivity contribution in [2.24, 2.45) is 5.92 Å². The fraction of sp³-hybridized carbons (Fsp3) is 0.353. The van der Waals surface area contributed by atoms with Crippen molar-refractivity contribution < 1.29 is 0 Å². The summed E-state index contributed by atoms with van der Waals surface area (Å²) in [6, 6.07) is 12.3. The Bertz CT molecular complexity index is 569. The molecule has 0 unspecified atom stereocenters. The number of aromatic nitrogens is 1. The first-order chi connectivity index (χ1) is 10.2. The van der Waals surface area contributed by atoms with E-state index in [1.807, 2.05) is 12.1 Å². The van der Waals surface area contributed by atoms with Crippen LogP contribution in [0.25, 0.3) is 0 Å². The van der Waals surface area contributed by atoms with Crippen LogP contribution in [0.1, 0.15) is 19.8 Å². The van der Waals surface area contributed by atoms with Gasteiger partial charge in [0.1, 0.15) is 5.82 Å². The van der Waals surface area contributed by atoms with Crippen molar-refractivity contribution in [2.45, 2.75) is 19.8 Å². The highest BCUT2D eigenvalue weighted by atomic mass is 15.1. The molecule has 0 bridgehead atoms. The van der Waals surface area contributed by atoms with Gasteiger partial charge >= 0.3 is 0 Å². The minimum Gasteiger partial charge on any atom is -0.397 e. The number of nitrogens with zero attached hydrogens (tertiary/aromatic N) is 2. The molecule has 1 fully saturated rings. The molecule has 1 aliphatic rings. The average Bonchev–Trinajstić information content (AvgIpc) is 2.51. The second-order valence-corrected chi connectivity index (χ2v) is 5.82. The first-order valence-electron chi connectivity index (χ1n) is 7.54. The molecule has 2 heterocycles. The smallest absolute Gasteiger partial charge is 0.130 e. The number of nitrogen functional groups attached to an aromatic ring is 1. The van der Waals surface area contributed by atoms with Gasteiger partial charge in [0.05, 0.1) is 11.9 Å². The van der Waals surface area contributed by atoms with E-state index in [-0.39, 0.29) is 0 Å². The Morgan fingerprint density at radius 1 is 1.10 bits per heavy atom. The second-order valence-electron chi connectivity index (χ2n) is 5.82. The molecule has 0 saturated carbocycles. The second kappa shape index (κ2) is 6.04. The molecule has 0 spiro atoms. The van der Waals surface area contributed by atoms with Crippen LogP contribution in [-0.2, 0) is 0 Å². The molecule has 21 heavy (non-hydrogen) atoms. The minimum absolute atomic E-state index is 0.676. The Morgan fingerprint density at radius 3 is 2.43 bits per heavy atom. The van der Waals surface area contributed by atoms with Gasteiger partial charge in [-0.2, -0.15) is 0 Å². The van der Waals surface area contributed by atoms with Crippen LogP contribution in [0.4, 0.5) is 22.9 Å². The lowest BCUT2D eigenvalue weighted by Gasteiger charge is -2.32. The van der Waals surface area contributed by atoms with Crippen molar-refractivity contribution in [1.29, 1.82) is 0 Å². The van der Waals surface area contributed by atoms with Crippen molar-refractivity contribution in [1.82, 2.24) is 4.98 Å². The fourth-order valence-electron chi connectivity index (χ4n) is 2.65. The Labute approximate surface area is 126 Å². The van der Waals surface area contributed by atoms with Gasteiger partial charge in [-0.15, -0.1) is 0 Å². The van der Waals surface area contributed by atoms with E-state index in [0.717, 1.165) is 30.5 Å². The van der Waals surface area contributed by atoms with Gasteiger partial charge in [-0.1, -0.05) is 6.92 Å². The lowest BCUT2D eigenvalue weighted by Crippen LogP contribution is -2.32. The van der Waals surface area contributed by atoms with Crippen LogP contribution in [0.3, 0.4) is 0 Å². The number of anilines is 4. The number of pyridine rings is 1. The Morgan fingerprint density at radius 2 is 1.81 bits per heavy atom. The summed E-state index contributed by atoms with van der Waals surface area (Å²) >= 11 is 0. The van der Waals surface area contributed by atoms with Crippen molar-refractivity contribution in [3.8, 4) is 0 Å². The zero-order chi connectivity index (χ0) is 14.7. The summed E-state index contributed by atoms with van der Waals surface area (Å²) in [5.74, 6) is 1.67. The summed E-state index contributed by atoms with van der Waals surface area (Å²) in [5, 5.41) is 3.28. The monoisotopic (exact) mass is 282 g/mol. The third-order valence-electron chi connectivity index (χ3n) is 4.07. The fourth-order valence-corrected chi connectivity index (χ4v) is 2.65. The van der Waals surface area contributed by atoms with E-state index in [0.29, 0.717) is 5.69 Å². The van der Waals surface area contributed by atoms with E-state index < -0.39 is 0 Å². The van der Waals surface area contributed by atoms with E-state index in [9.17, 15) is 0 Å². The van der Waals surface area contributed by atoms with Gasteiger partial charge in [-0.05, 0) is 55.2 Å². The third-order valence-corrected chi connectivity index (χ3v) is 4.07. The van der Waals surface area contributed by atoms with Crippen molar-refractivity contribution in [3.05, 3.63) is 42.6 Å². The first kappa shape index (κ1) is 13.7. The third kappa shape index (κ3) is 3.45. The molecule has 0 amide bonds. The lowest BCUT2D eigenvalue weighted by molar-refractivity contribution is 0.438. The van der Waals surface area contributed by atoms with E-state index in [1.54, 1.807) is 6.20 Å². The molecule has 4 nitrogen and oxygen atoms in total. The summed E-state index contributed by atoms with van der Waals surface area (Å²) in [5.41, 5.74) is 8.66. The largest absolute Gasteiger partial charge is 0.397 e. The molecular weight excluding hydrogens is 260 g/mol. The van der Waals surface area contributed by atoms with Crippen LogP contribution in [0, 0.1) is 5.92 Å². The maximum Gasteiger partial charge on any atom is 0.130 e. The highest BCUT2D eigenvalue weighted by molar-refractivity contribution is 5.61. The normalized spacial score (nSPS) is 16.0. The molecule has 2 aromatic rings. The number of hydrogen-bond acceptors (Lipinski definition) is 4. The quantitative estimate of drug-likeness (QED) is 0.902. The zero-order valence-electron chi connectivity index (χ0n) is 12.4. The van der Waals surface area contributed by atoms with Gasteiger partial charge in [-0.25, -0.2) is 4.98 Å². The van der Waals surface area contributed by atoms with E-state index in [2.05, 4.69) is 46.4 Å². The average molecular weight is 282 g/mol. The summed E-state index contributed by atoms with van der Waals surface area (Å²) in [6.45, 7) is 4.66. The summed E-state index contributed by atoms with van der Waals surface area (Å²) in [4.78, 5) is 6.71. The molecule has 1 aromatic heterocycles. The van der Waals surface area contributed by atoms with Crippen LogP contribution in [-0.4, -0.2) is 18.1 Å². The van der Waals surface area contributed by atoms with Crippen LogP contribution in [0.5, 0.6) is 0 Å². The highest BCUT2D eigenvalue weighted by Gasteiger charge is 2.15. The summed E-state index contributed by atoms with van der Waals surface area (Å²) < 4.78 is 0. The number of nitrogens with one attached hydrogen (secondary N) is 1. The van der Waals surface area contributed by atoms with Crippen LogP contribution < -0.4 is 16.0 Å². The number of nitrogens with two attached hydrogens (primary N) is 1. The molecule has 3 rings (SSSR count). The first-order valence-corrected chi connectivity index (χ1v) is 7.54. The molecule has 1 aliphatic heterocycles. The SMILES string of the molecule is CC1CCN(c2ccc(Nc3ccc(N)cn3)cc2)CC1. The van der Waals surface area contributed by atoms with Gasteiger partial charge in [0.25, 0.3) is 0 Å². The van der Waals surface area contributed by atoms with Crippen LogP contribution in [0.15, 0.2) is 42.6 Å². The molecule has 1 saturated heterocycles. The van der Waals surface area contributed by atoms with Gasteiger partial charge < -0.3 is 16.0 Å². The van der Waals surface area contributed by atoms with Gasteiger partial charge in [-0.3, -0.25) is 0 Å². The van der Waals surface area contributed by atoms with E-state index in [1.165, 1.54) is 18.5 Å². The topological polar surface area (TPSA) is 54.2 Å².